The van der Waals surface area contributed by atoms with Crippen molar-refractivity contribution < 1.29 is 23.1 Å². The summed E-state index contributed by atoms with van der Waals surface area (Å²) in [5, 5.41) is 4.82. The zero-order valence-corrected chi connectivity index (χ0v) is 15.4. The molecule has 2 amide bonds. The first-order valence-corrected chi connectivity index (χ1v) is 8.73. The van der Waals surface area contributed by atoms with Gasteiger partial charge in [-0.25, -0.2) is 8.78 Å². The average molecular weight is 397 g/mol. The van der Waals surface area contributed by atoms with Crippen LogP contribution in [0.2, 0.25) is 0 Å². The van der Waals surface area contributed by atoms with Gasteiger partial charge in [-0.05, 0) is 55.5 Å². The molecule has 29 heavy (non-hydrogen) atoms. The fraction of sp³-hybridized carbons (Fsp3) is 0.0952. The molecule has 1 heterocycles. The van der Waals surface area contributed by atoms with E-state index < -0.39 is 29.1 Å². The number of hydrogen-bond donors (Lipinski definition) is 2. The Kier molecular flexibility index (Phi) is 6.13. The molecule has 0 spiro atoms. The van der Waals surface area contributed by atoms with Crippen molar-refractivity contribution in [3.8, 4) is 5.75 Å². The van der Waals surface area contributed by atoms with Crippen molar-refractivity contribution >= 4 is 23.2 Å². The van der Waals surface area contributed by atoms with E-state index in [0.29, 0.717) is 18.0 Å². The van der Waals surface area contributed by atoms with Gasteiger partial charge in [0.05, 0.1) is 6.61 Å². The third kappa shape index (κ3) is 4.92. The predicted octanol–water partition coefficient (Wildman–Crippen LogP) is 4.26. The number of para-hydroxylation sites is 1. The summed E-state index contributed by atoms with van der Waals surface area (Å²) < 4.78 is 32.8. The molecule has 2 aromatic carbocycles. The molecule has 0 fully saturated rings. The third-order valence-electron chi connectivity index (χ3n) is 3.88. The number of aromatic nitrogens is 1. The number of nitrogens with one attached hydrogen (secondary N) is 2. The largest absolute Gasteiger partial charge is 0.494 e. The highest BCUT2D eigenvalue weighted by molar-refractivity contribution is 6.07. The molecule has 3 aromatic rings. The second-order valence-electron chi connectivity index (χ2n) is 5.89. The van der Waals surface area contributed by atoms with Gasteiger partial charge >= 0.3 is 0 Å². The van der Waals surface area contributed by atoms with Crippen LogP contribution in [0.3, 0.4) is 0 Å². The maximum absolute atomic E-state index is 13.7. The Morgan fingerprint density at radius 2 is 1.66 bits per heavy atom. The van der Waals surface area contributed by atoms with E-state index in [4.69, 9.17) is 4.74 Å². The molecular formula is C21H17F2N3O3. The highest BCUT2D eigenvalue weighted by Crippen LogP contribution is 2.19. The van der Waals surface area contributed by atoms with Gasteiger partial charge in [0.15, 0.2) is 0 Å². The van der Waals surface area contributed by atoms with Crippen molar-refractivity contribution in [2.24, 2.45) is 0 Å². The number of amides is 2. The highest BCUT2D eigenvalue weighted by Gasteiger charge is 2.16. The van der Waals surface area contributed by atoms with Crippen LogP contribution in [0.5, 0.6) is 5.75 Å². The van der Waals surface area contributed by atoms with Crippen molar-refractivity contribution in [1.82, 2.24) is 4.98 Å². The van der Waals surface area contributed by atoms with Crippen molar-refractivity contribution in [2.75, 3.05) is 17.2 Å². The molecule has 0 aliphatic heterocycles. The van der Waals surface area contributed by atoms with E-state index in [0.717, 1.165) is 12.1 Å². The third-order valence-corrected chi connectivity index (χ3v) is 3.88. The predicted molar refractivity (Wildman–Crippen MR) is 104 cm³/mol. The summed E-state index contributed by atoms with van der Waals surface area (Å²) in [4.78, 5) is 28.7. The fourth-order valence-electron chi connectivity index (χ4n) is 2.50. The lowest BCUT2D eigenvalue weighted by molar-refractivity contribution is 0.102. The SMILES string of the molecule is CCOc1ccc(NC(=O)c2cc(C(=O)Nc3c(F)cccc3F)ccn2)cc1. The summed E-state index contributed by atoms with van der Waals surface area (Å²) in [7, 11) is 0. The van der Waals surface area contributed by atoms with Crippen LogP contribution in [0.4, 0.5) is 20.2 Å². The topological polar surface area (TPSA) is 80.3 Å². The first-order valence-electron chi connectivity index (χ1n) is 8.73. The first kappa shape index (κ1) is 19.9. The van der Waals surface area contributed by atoms with Crippen LogP contribution < -0.4 is 15.4 Å². The Labute approximate surface area is 165 Å². The Balaban J connectivity index is 1.73. The number of pyridine rings is 1. The zero-order chi connectivity index (χ0) is 20.8. The van der Waals surface area contributed by atoms with Gasteiger partial charge in [0.1, 0.15) is 28.8 Å². The number of carbonyl (C=O) groups is 2. The van der Waals surface area contributed by atoms with Crippen molar-refractivity contribution in [2.45, 2.75) is 6.92 Å². The van der Waals surface area contributed by atoms with Crippen LogP contribution >= 0.6 is 0 Å². The van der Waals surface area contributed by atoms with E-state index in [1.165, 1.54) is 24.4 Å². The minimum Gasteiger partial charge on any atom is -0.494 e. The number of ether oxygens (including phenoxy) is 1. The highest BCUT2D eigenvalue weighted by atomic mass is 19.1. The molecule has 0 atom stereocenters. The van der Waals surface area contributed by atoms with Crippen LogP contribution in [-0.4, -0.2) is 23.4 Å². The maximum atomic E-state index is 13.7. The lowest BCUT2D eigenvalue weighted by Crippen LogP contribution is -2.17. The Hall–Kier alpha value is -3.81. The van der Waals surface area contributed by atoms with E-state index in [1.54, 1.807) is 24.3 Å². The van der Waals surface area contributed by atoms with Gasteiger partial charge in [0, 0.05) is 17.4 Å². The van der Waals surface area contributed by atoms with Gasteiger partial charge in [0.2, 0.25) is 0 Å². The monoisotopic (exact) mass is 397 g/mol. The van der Waals surface area contributed by atoms with E-state index in [1.807, 2.05) is 6.92 Å². The minimum atomic E-state index is -0.902. The molecule has 1 aromatic heterocycles. The second-order valence-corrected chi connectivity index (χ2v) is 5.89. The summed E-state index contributed by atoms with van der Waals surface area (Å²) in [6, 6.07) is 12.6. The summed E-state index contributed by atoms with van der Waals surface area (Å²) in [6.07, 6.45) is 1.26. The molecule has 8 heteroatoms. The Morgan fingerprint density at radius 1 is 0.966 bits per heavy atom. The van der Waals surface area contributed by atoms with Crippen LogP contribution in [-0.2, 0) is 0 Å². The van der Waals surface area contributed by atoms with E-state index >= 15 is 0 Å². The molecule has 148 valence electrons. The summed E-state index contributed by atoms with van der Waals surface area (Å²) in [5.41, 5.74) is -0.0433. The molecule has 0 saturated carbocycles. The van der Waals surface area contributed by atoms with Gasteiger partial charge in [-0.2, -0.15) is 0 Å². The number of nitrogens with zero attached hydrogens (tertiary/aromatic N) is 1. The smallest absolute Gasteiger partial charge is 0.274 e. The van der Waals surface area contributed by atoms with E-state index in [9.17, 15) is 18.4 Å². The number of carbonyl (C=O) groups excluding carboxylic acids is 2. The standard InChI is InChI=1S/C21H17F2N3O3/c1-2-29-15-8-6-14(7-9-15)25-21(28)18-12-13(10-11-24-18)20(27)26-19-16(22)4-3-5-17(19)23/h3-12H,2H2,1H3,(H,25,28)(H,26,27). The summed E-state index contributed by atoms with van der Waals surface area (Å²) in [5.74, 6) is -2.45. The molecule has 0 radical (unpaired) electrons. The normalized spacial score (nSPS) is 10.3. The number of rotatable bonds is 6. The molecule has 0 saturated heterocycles. The Morgan fingerprint density at radius 3 is 2.31 bits per heavy atom. The minimum absolute atomic E-state index is 0.0273. The van der Waals surface area contributed by atoms with E-state index in [-0.39, 0.29) is 11.3 Å². The quantitative estimate of drug-likeness (QED) is 0.651. The molecule has 6 nitrogen and oxygen atoms in total. The lowest BCUT2D eigenvalue weighted by atomic mass is 10.2. The summed E-state index contributed by atoms with van der Waals surface area (Å²) in [6.45, 7) is 2.40. The number of anilines is 2. The van der Waals surface area contributed by atoms with Crippen LogP contribution in [0.15, 0.2) is 60.8 Å². The number of benzene rings is 2. The Bertz CT molecular complexity index is 1020. The van der Waals surface area contributed by atoms with Crippen LogP contribution in [0.25, 0.3) is 0 Å². The molecule has 0 aliphatic rings. The number of halogens is 2. The van der Waals surface area contributed by atoms with Crippen molar-refractivity contribution in [3.05, 3.63) is 83.7 Å². The fourth-order valence-corrected chi connectivity index (χ4v) is 2.50. The molecule has 0 aliphatic carbocycles. The maximum Gasteiger partial charge on any atom is 0.274 e. The second kappa shape index (κ2) is 8.92. The van der Waals surface area contributed by atoms with Gasteiger partial charge in [0.25, 0.3) is 11.8 Å². The molecular weight excluding hydrogens is 380 g/mol. The molecule has 0 bridgehead atoms. The van der Waals surface area contributed by atoms with Gasteiger partial charge in [-0.15, -0.1) is 0 Å². The van der Waals surface area contributed by atoms with Crippen molar-refractivity contribution in [1.29, 1.82) is 0 Å². The number of hydrogen-bond acceptors (Lipinski definition) is 4. The first-order chi connectivity index (χ1) is 14.0. The van der Waals surface area contributed by atoms with E-state index in [2.05, 4.69) is 15.6 Å². The zero-order valence-electron chi connectivity index (χ0n) is 15.4. The van der Waals surface area contributed by atoms with Crippen molar-refractivity contribution in [3.63, 3.8) is 0 Å². The lowest BCUT2D eigenvalue weighted by Gasteiger charge is -2.09. The summed E-state index contributed by atoms with van der Waals surface area (Å²) >= 11 is 0. The molecule has 0 unspecified atom stereocenters. The van der Waals surface area contributed by atoms with Gasteiger partial charge in [-0.1, -0.05) is 6.07 Å². The van der Waals surface area contributed by atoms with Crippen LogP contribution in [0.1, 0.15) is 27.8 Å². The molecule has 3 rings (SSSR count). The average Bonchev–Trinajstić information content (AvgIpc) is 2.72. The van der Waals surface area contributed by atoms with Gasteiger partial charge < -0.3 is 15.4 Å². The van der Waals surface area contributed by atoms with Gasteiger partial charge in [-0.3, -0.25) is 14.6 Å². The molecule has 2 N–H and O–H groups in total. The van der Waals surface area contributed by atoms with Crippen LogP contribution in [0, 0.1) is 11.6 Å².